The molecule has 0 bridgehead atoms. The summed E-state index contributed by atoms with van der Waals surface area (Å²) >= 11 is 0. The predicted molar refractivity (Wildman–Crippen MR) is 270 cm³/mol. The van der Waals surface area contributed by atoms with Crippen molar-refractivity contribution in [2.24, 2.45) is 5.10 Å². The van der Waals surface area contributed by atoms with Crippen LogP contribution in [0, 0.1) is 6.67 Å². The first-order chi connectivity index (χ1) is 30.2. The van der Waals surface area contributed by atoms with Crippen LogP contribution in [0.2, 0.25) is 0 Å². The maximum atomic E-state index is 5.54. The van der Waals surface area contributed by atoms with Gasteiger partial charge in [0.2, 0.25) is 0 Å². The third-order valence-electron chi connectivity index (χ3n) is 12.4. The van der Waals surface area contributed by atoms with Gasteiger partial charge in [-0.3, -0.25) is 0 Å². The zero-order valence-corrected chi connectivity index (χ0v) is 40.9. The number of benzene rings is 7. The molecular weight excluding hydrogens is 964 g/mol. The molecule has 0 atom stereocenters. The van der Waals surface area contributed by atoms with Gasteiger partial charge in [-0.15, -0.1) is 17.7 Å². The van der Waals surface area contributed by atoms with E-state index >= 15 is 0 Å². The Labute approximate surface area is 395 Å². The average molecular weight is 1020 g/mol. The summed E-state index contributed by atoms with van der Waals surface area (Å²) < 4.78 is 2.41. The molecule has 0 spiro atoms. The van der Waals surface area contributed by atoms with Crippen LogP contribution in [0.15, 0.2) is 163 Å². The van der Waals surface area contributed by atoms with Gasteiger partial charge in [0.05, 0.1) is 16.7 Å². The minimum atomic E-state index is -0.0668. The summed E-state index contributed by atoms with van der Waals surface area (Å²) in [6.07, 6.45) is 0. The van der Waals surface area contributed by atoms with E-state index in [0.29, 0.717) is 11.8 Å². The van der Waals surface area contributed by atoms with Gasteiger partial charge in [0, 0.05) is 50.1 Å². The van der Waals surface area contributed by atoms with Gasteiger partial charge in [-0.2, -0.15) is 5.10 Å². The van der Waals surface area contributed by atoms with Crippen molar-refractivity contribution < 1.29 is 22.4 Å². The third-order valence-corrected chi connectivity index (χ3v) is 12.4. The number of anilines is 2. The van der Waals surface area contributed by atoms with Gasteiger partial charge in [-0.25, -0.2) is 0 Å². The van der Waals surface area contributed by atoms with Crippen molar-refractivity contribution in [3.05, 3.63) is 192 Å². The minimum Gasteiger partial charge on any atom is -0.657 e. The van der Waals surface area contributed by atoms with Crippen LogP contribution in [0.1, 0.15) is 109 Å². The van der Waals surface area contributed by atoms with Crippen LogP contribution in [0.3, 0.4) is 0 Å². The van der Waals surface area contributed by atoms with E-state index in [1.165, 1.54) is 55.0 Å². The second-order valence-corrected chi connectivity index (χ2v) is 19.7. The molecule has 1 aliphatic heterocycles. The first-order valence-electron chi connectivity index (χ1n) is 22.5. The van der Waals surface area contributed by atoms with Gasteiger partial charge in [-0.05, 0) is 86.0 Å². The van der Waals surface area contributed by atoms with E-state index in [9.17, 15) is 0 Å². The first kappa shape index (κ1) is 44.7. The Bertz CT molecular complexity index is 3040. The standard InChI is InChI=1S/C46H51N4.C12H8N.Au/c1-30(2)37-25-33(45(5,6)7)26-38(31(3)4)42(37)48-29-49(47-44(48)32-19-13-11-14-20-32)41-28-34(46(8,9)10)27-39-36-23-17-18-24-40(36)50(43(39)41)35-21-15-12-16-22-35;1-3-7-11-9(5-1)10-6-2-4-8-12(10)13-11;/h11-31H,1-10H3;1-8H;/q2*-1;. The molecular formula is C58H59AuN5-2. The van der Waals surface area contributed by atoms with E-state index in [2.05, 4.69) is 241 Å². The first-order valence-corrected chi connectivity index (χ1v) is 22.5. The van der Waals surface area contributed by atoms with Crippen molar-refractivity contribution in [2.75, 3.05) is 9.91 Å². The molecule has 9 aromatic rings. The van der Waals surface area contributed by atoms with E-state index in [4.69, 9.17) is 5.10 Å². The number of fused-ring (bicyclic) bond motifs is 6. The van der Waals surface area contributed by atoms with Crippen LogP contribution < -0.4 is 14.9 Å². The second-order valence-electron chi connectivity index (χ2n) is 19.7. The van der Waals surface area contributed by atoms with Gasteiger partial charge in [-0.1, -0.05) is 197 Å². The van der Waals surface area contributed by atoms with Crippen LogP contribution in [0.25, 0.3) is 49.3 Å². The molecule has 0 saturated carbocycles. The molecule has 0 N–H and O–H groups in total. The molecule has 10 rings (SSSR count). The van der Waals surface area contributed by atoms with Crippen LogP contribution >= 0.6 is 0 Å². The monoisotopic (exact) mass is 1020 g/mol. The van der Waals surface area contributed by atoms with Crippen LogP contribution in [0.5, 0.6) is 0 Å². The number of para-hydroxylation sites is 4. The van der Waals surface area contributed by atoms with Crippen LogP contribution in [0.4, 0.5) is 11.4 Å². The van der Waals surface area contributed by atoms with Crippen molar-refractivity contribution in [3.63, 3.8) is 0 Å². The Balaban J connectivity index is 0.000000339. The average Bonchev–Trinajstić information content (AvgIpc) is 3.98. The summed E-state index contributed by atoms with van der Waals surface area (Å²) in [5.41, 5.74) is 14.3. The molecule has 0 unspecified atom stereocenters. The molecule has 2 aromatic heterocycles. The molecule has 0 aliphatic carbocycles. The normalized spacial score (nSPS) is 13.3. The molecule has 64 heavy (non-hydrogen) atoms. The maximum absolute atomic E-state index is 5.54. The summed E-state index contributed by atoms with van der Waals surface area (Å²) in [6.45, 7) is 25.3. The number of rotatable bonds is 6. The molecule has 7 aromatic carbocycles. The molecule has 6 heteroatoms. The Morgan fingerprint density at radius 1 is 0.531 bits per heavy atom. The second kappa shape index (κ2) is 17.6. The molecule has 0 fully saturated rings. The largest absolute Gasteiger partial charge is 0.657 e. The number of aromatic nitrogens is 2. The number of hydrazone groups is 1. The topological polar surface area (TPSA) is 37.9 Å². The molecule has 329 valence electrons. The van der Waals surface area contributed by atoms with Gasteiger partial charge < -0.3 is 19.5 Å². The van der Waals surface area contributed by atoms with Gasteiger partial charge >= 0.3 is 0 Å². The van der Waals surface area contributed by atoms with E-state index in [1.54, 1.807) is 0 Å². The zero-order valence-electron chi connectivity index (χ0n) is 38.8. The summed E-state index contributed by atoms with van der Waals surface area (Å²) in [5, 5.41) is 12.7. The van der Waals surface area contributed by atoms with Crippen molar-refractivity contribution in [2.45, 2.75) is 91.9 Å². The van der Waals surface area contributed by atoms with Crippen molar-refractivity contribution in [1.29, 1.82) is 0 Å². The minimum absolute atomic E-state index is 0. The summed E-state index contributed by atoms with van der Waals surface area (Å²) in [7, 11) is 0. The van der Waals surface area contributed by atoms with Gasteiger partial charge in [0.1, 0.15) is 5.84 Å². The SMILES string of the molecule is CC(C)c1cc(C(C)(C)C)cc(C(C)C)c1N1[CH-]N(c2cc(C(C)(C)C)cc3c4ccccc4n(-c4ccccc4)c23)N=C1c1ccccc1.[Au].c1ccc2c(c1)[n-]c1ccccc12. The Morgan fingerprint density at radius 3 is 1.56 bits per heavy atom. The van der Waals surface area contributed by atoms with Crippen molar-refractivity contribution in [1.82, 2.24) is 9.55 Å². The molecule has 5 nitrogen and oxygen atoms in total. The molecule has 0 saturated heterocycles. The Morgan fingerprint density at radius 2 is 1.02 bits per heavy atom. The predicted octanol–water partition coefficient (Wildman–Crippen LogP) is 15.4. The number of hydrogen-bond acceptors (Lipinski definition) is 3. The summed E-state index contributed by atoms with van der Waals surface area (Å²) in [5.74, 6) is 1.57. The Hall–Kier alpha value is -5.85. The molecule has 3 heterocycles. The third kappa shape index (κ3) is 8.33. The van der Waals surface area contributed by atoms with Gasteiger partial charge in [0.15, 0.2) is 0 Å². The summed E-state index contributed by atoms with van der Waals surface area (Å²) in [4.78, 5) is 6.89. The van der Waals surface area contributed by atoms with Gasteiger partial charge in [0.25, 0.3) is 0 Å². The van der Waals surface area contributed by atoms with E-state index < -0.39 is 0 Å². The van der Waals surface area contributed by atoms with Crippen molar-refractivity contribution >= 4 is 60.8 Å². The fourth-order valence-electron chi connectivity index (χ4n) is 8.93. The Kier molecular flexibility index (Phi) is 12.3. The van der Waals surface area contributed by atoms with E-state index in [0.717, 1.165) is 39.3 Å². The maximum Gasteiger partial charge on any atom is 0.129 e. The van der Waals surface area contributed by atoms with E-state index in [-0.39, 0.29) is 33.2 Å². The number of amidine groups is 1. The number of hydrogen-bond donors (Lipinski definition) is 0. The molecule has 0 amide bonds. The fourth-order valence-corrected chi connectivity index (χ4v) is 8.93. The zero-order chi connectivity index (χ0) is 44.2. The number of nitrogens with zero attached hydrogens (tertiary/aromatic N) is 5. The van der Waals surface area contributed by atoms with Crippen molar-refractivity contribution in [3.8, 4) is 5.69 Å². The molecule has 1 aliphatic rings. The van der Waals surface area contributed by atoms with E-state index in [1.807, 2.05) is 12.1 Å². The smallest absolute Gasteiger partial charge is 0.129 e. The fraction of sp³-hybridized carbons (Fsp3) is 0.241. The van der Waals surface area contributed by atoms with Crippen LogP contribution in [-0.2, 0) is 33.2 Å². The van der Waals surface area contributed by atoms with Crippen LogP contribution in [-0.4, -0.2) is 10.4 Å². The quantitative estimate of drug-likeness (QED) is 0.123. The molecule has 1 radical (unpaired) electrons. The summed E-state index contributed by atoms with van der Waals surface area (Å²) in [6, 6.07) is 56.3.